The average molecular weight is 382 g/mol. The molecule has 25 heavy (non-hydrogen) atoms. The highest BCUT2D eigenvalue weighted by Gasteiger charge is 2.13. The van der Waals surface area contributed by atoms with Crippen molar-refractivity contribution in [1.29, 1.82) is 0 Å². The predicted octanol–water partition coefficient (Wildman–Crippen LogP) is 3.74. The van der Waals surface area contributed by atoms with Crippen LogP contribution in [0.5, 0.6) is 0 Å². The van der Waals surface area contributed by atoms with E-state index in [9.17, 15) is 4.79 Å². The van der Waals surface area contributed by atoms with Gasteiger partial charge >= 0.3 is 0 Å². The molecule has 0 aliphatic heterocycles. The van der Waals surface area contributed by atoms with E-state index in [1.54, 1.807) is 16.8 Å². The second-order valence-electron chi connectivity index (χ2n) is 5.86. The molecule has 0 unspecified atom stereocenters. The van der Waals surface area contributed by atoms with Crippen LogP contribution < -0.4 is 5.32 Å². The summed E-state index contributed by atoms with van der Waals surface area (Å²) >= 11 is 7.22. The quantitative estimate of drug-likeness (QED) is 0.634. The molecule has 6 nitrogen and oxygen atoms in total. The molecule has 0 saturated carbocycles. The van der Waals surface area contributed by atoms with Crippen molar-refractivity contribution in [3.05, 3.63) is 29.3 Å². The predicted molar refractivity (Wildman–Crippen MR) is 101 cm³/mol. The molecule has 0 aliphatic carbocycles. The minimum Gasteiger partial charge on any atom is -0.355 e. The van der Waals surface area contributed by atoms with Gasteiger partial charge in [-0.2, -0.15) is 4.68 Å². The topological polar surface area (TPSA) is 72.7 Å². The molecule has 1 aromatic carbocycles. The van der Waals surface area contributed by atoms with Crippen LogP contribution in [-0.2, 0) is 4.79 Å². The molecule has 1 aromatic heterocycles. The molecule has 8 heteroatoms. The van der Waals surface area contributed by atoms with Crippen LogP contribution in [0.2, 0.25) is 5.02 Å². The smallest absolute Gasteiger partial charge is 0.230 e. The molecule has 0 spiro atoms. The zero-order chi connectivity index (χ0) is 18.1. The van der Waals surface area contributed by atoms with Crippen LogP contribution in [0.25, 0.3) is 5.69 Å². The Balaban J connectivity index is 1.84. The second-order valence-corrected chi connectivity index (χ2v) is 7.24. The van der Waals surface area contributed by atoms with Crippen LogP contribution in [0.1, 0.15) is 39.5 Å². The SMILES string of the molecule is CCCC[C@@H](CC)CNC(=O)CSc1nnnn1-c1ccc(Cl)cc1. The number of carbonyl (C=O) groups is 1. The van der Waals surface area contributed by atoms with Gasteiger partial charge in [-0.25, -0.2) is 0 Å². The number of thioether (sulfide) groups is 1. The van der Waals surface area contributed by atoms with E-state index in [0.29, 0.717) is 16.1 Å². The number of rotatable bonds is 10. The first-order chi connectivity index (χ1) is 12.1. The van der Waals surface area contributed by atoms with E-state index >= 15 is 0 Å². The lowest BCUT2D eigenvalue weighted by molar-refractivity contribution is -0.118. The van der Waals surface area contributed by atoms with Crippen molar-refractivity contribution in [3.63, 3.8) is 0 Å². The van der Waals surface area contributed by atoms with Gasteiger partial charge in [0.2, 0.25) is 11.1 Å². The third kappa shape index (κ3) is 6.32. The molecular weight excluding hydrogens is 358 g/mol. The fraction of sp³-hybridized carbons (Fsp3) is 0.529. The number of amides is 1. The molecule has 0 radical (unpaired) electrons. The number of hydrogen-bond donors (Lipinski definition) is 1. The Morgan fingerprint density at radius 1 is 1.32 bits per heavy atom. The van der Waals surface area contributed by atoms with Gasteiger partial charge in [0.05, 0.1) is 11.4 Å². The first kappa shape index (κ1) is 19.7. The van der Waals surface area contributed by atoms with E-state index in [0.717, 1.165) is 25.1 Å². The summed E-state index contributed by atoms with van der Waals surface area (Å²) < 4.78 is 1.60. The maximum atomic E-state index is 12.1. The molecular formula is C17H24ClN5OS. The number of aromatic nitrogens is 4. The summed E-state index contributed by atoms with van der Waals surface area (Å²) in [5.74, 6) is 0.844. The number of carbonyl (C=O) groups excluding carboxylic acids is 1. The third-order valence-corrected chi connectivity index (χ3v) is 5.15. The fourth-order valence-electron chi connectivity index (χ4n) is 2.40. The number of tetrazole rings is 1. The summed E-state index contributed by atoms with van der Waals surface area (Å²) in [7, 11) is 0. The van der Waals surface area contributed by atoms with Crippen LogP contribution in [0.15, 0.2) is 29.4 Å². The van der Waals surface area contributed by atoms with Crippen molar-refractivity contribution in [2.24, 2.45) is 5.92 Å². The van der Waals surface area contributed by atoms with E-state index in [1.807, 2.05) is 12.1 Å². The van der Waals surface area contributed by atoms with E-state index in [4.69, 9.17) is 11.6 Å². The van der Waals surface area contributed by atoms with Gasteiger partial charge in [-0.3, -0.25) is 4.79 Å². The van der Waals surface area contributed by atoms with Crippen molar-refractivity contribution < 1.29 is 4.79 Å². The van der Waals surface area contributed by atoms with Gasteiger partial charge in [0, 0.05) is 11.6 Å². The lowest BCUT2D eigenvalue weighted by atomic mass is 9.99. The Labute approximate surface area is 157 Å². The van der Waals surface area contributed by atoms with Gasteiger partial charge in [0.1, 0.15) is 0 Å². The summed E-state index contributed by atoms with van der Waals surface area (Å²) in [5, 5.41) is 15.9. The normalized spacial score (nSPS) is 12.1. The Kier molecular flexibility index (Phi) is 8.21. The largest absolute Gasteiger partial charge is 0.355 e. The number of nitrogens with zero attached hydrogens (tertiary/aromatic N) is 4. The Bertz CT molecular complexity index is 661. The van der Waals surface area contributed by atoms with Crippen molar-refractivity contribution in [2.45, 2.75) is 44.7 Å². The number of benzene rings is 1. The molecule has 0 bridgehead atoms. The summed E-state index contributed by atoms with van der Waals surface area (Å²) in [5.41, 5.74) is 0.808. The minimum absolute atomic E-state index is 0.00519. The van der Waals surface area contributed by atoms with E-state index < -0.39 is 0 Å². The van der Waals surface area contributed by atoms with E-state index in [2.05, 4.69) is 34.7 Å². The summed E-state index contributed by atoms with van der Waals surface area (Å²) in [6, 6.07) is 7.23. The molecule has 0 aliphatic rings. The average Bonchev–Trinajstić information content (AvgIpc) is 3.09. The highest BCUT2D eigenvalue weighted by Crippen LogP contribution is 2.19. The molecule has 136 valence electrons. The van der Waals surface area contributed by atoms with Crippen molar-refractivity contribution >= 4 is 29.3 Å². The standard InChI is InChI=1S/C17H24ClN5OS/c1-3-5-6-13(4-2)11-19-16(24)12-25-17-20-21-22-23(17)15-9-7-14(18)8-10-15/h7-10,13H,3-6,11-12H2,1-2H3,(H,19,24)/t13-/m1/s1. The maximum absolute atomic E-state index is 12.1. The minimum atomic E-state index is 0.00519. The highest BCUT2D eigenvalue weighted by molar-refractivity contribution is 7.99. The molecule has 1 heterocycles. The molecule has 2 aromatic rings. The monoisotopic (exact) mass is 381 g/mol. The Hall–Kier alpha value is -1.60. The number of halogens is 1. The fourth-order valence-corrected chi connectivity index (χ4v) is 3.24. The molecule has 1 N–H and O–H groups in total. The first-order valence-corrected chi connectivity index (χ1v) is 9.94. The van der Waals surface area contributed by atoms with Crippen molar-refractivity contribution in [3.8, 4) is 5.69 Å². The Morgan fingerprint density at radius 3 is 2.76 bits per heavy atom. The van der Waals surface area contributed by atoms with Crippen molar-refractivity contribution in [2.75, 3.05) is 12.3 Å². The van der Waals surface area contributed by atoms with Gasteiger partial charge < -0.3 is 5.32 Å². The lowest BCUT2D eigenvalue weighted by Crippen LogP contribution is -2.30. The van der Waals surface area contributed by atoms with Gasteiger partial charge in [-0.15, -0.1) is 5.10 Å². The molecule has 2 rings (SSSR count). The van der Waals surface area contributed by atoms with Gasteiger partial charge in [-0.1, -0.05) is 56.5 Å². The third-order valence-electron chi connectivity index (χ3n) is 3.98. The maximum Gasteiger partial charge on any atom is 0.230 e. The highest BCUT2D eigenvalue weighted by atomic mass is 35.5. The summed E-state index contributed by atoms with van der Waals surface area (Å²) in [6.45, 7) is 5.09. The summed E-state index contributed by atoms with van der Waals surface area (Å²) in [4.78, 5) is 12.1. The van der Waals surface area contributed by atoms with Crippen LogP contribution in [0.3, 0.4) is 0 Å². The number of hydrogen-bond acceptors (Lipinski definition) is 5. The molecule has 1 amide bonds. The van der Waals surface area contributed by atoms with Crippen LogP contribution in [0, 0.1) is 5.92 Å². The Morgan fingerprint density at radius 2 is 2.08 bits per heavy atom. The van der Waals surface area contributed by atoms with Crippen LogP contribution in [-0.4, -0.2) is 38.4 Å². The first-order valence-electron chi connectivity index (χ1n) is 8.57. The number of unbranched alkanes of at least 4 members (excludes halogenated alkanes) is 1. The molecule has 1 atom stereocenters. The summed E-state index contributed by atoms with van der Waals surface area (Å²) in [6.07, 6.45) is 4.64. The van der Waals surface area contributed by atoms with Gasteiger partial charge in [0.25, 0.3) is 0 Å². The van der Waals surface area contributed by atoms with Crippen molar-refractivity contribution in [1.82, 2.24) is 25.5 Å². The molecule has 0 saturated heterocycles. The molecule has 0 fully saturated rings. The van der Waals surface area contributed by atoms with Gasteiger partial charge in [0.15, 0.2) is 0 Å². The second kappa shape index (κ2) is 10.4. The number of nitrogens with one attached hydrogen (secondary N) is 1. The lowest BCUT2D eigenvalue weighted by Gasteiger charge is -2.15. The zero-order valence-corrected chi connectivity index (χ0v) is 16.2. The van der Waals surface area contributed by atoms with E-state index in [1.165, 1.54) is 24.6 Å². The van der Waals surface area contributed by atoms with Crippen LogP contribution in [0.4, 0.5) is 0 Å². The van der Waals surface area contributed by atoms with Gasteiger partial charge in [-0.05, 0) is 47.0 Å². The zero-order valence-electron chi connectivity index (χ0n) is 14.6. The van der Waals surface area contributed by atoms with Crippen LogP contribution >= 0.6 is 23.4 Å². The van der Waals surface area contributed by atoms with E-state index in [-0.39, 0.29) is 11.7 Å².